The highest BCUT2D eigenvalue weighted by atomic mass is 16.5. The van der Waals surface area contributed by atoms with Crippen molar-refractivity contribution in [1.82, 2.24) is 0 Å². The summed E-state index contributed by atoms with van der Waals surface area (Å²) in [5.41, 5.74) is 0.499. The van der Waals surface area contributed by atoms with Crippen LogP contribution in [0.2, 0.25) is 0 Å². The summed E-state index contributed by atoms with van der Waals surface area (Å²) in [4.78, 5) is 24.9. The second kappa shape index (κ2) is 9.52. The van der Waals surface area contributed by atoms with Crippen molar-refractivity contribution in [2.45, 2.75) is 129 Å². The first-order valence-corrected chi connectivity index (χ1v) is 14.6. The first-order chi connectivity index (χ1) is 16.2. The first-order valence-electron chi connectivity index (χ1n) is 14.6. The summed E-state index contributed by atoms with van der Waals surface area (Å²) < 4.78 is 6.61. The van der Waals surface area contributed by atoms with Crippen molar-refractivity contribution in [2.75, 3.05) is 0 Å². The maximum Gasteiger partial charge on any atom is 0.303 e. The van der Waals surface area contributed by atoms with Crippen molar-refractivity contribution in [2.24, 2.45) is 46.3 Å². The maximum absolute atomic E-state index is 13.8. The van der Waals surface area contributed by atoms with E-state index in [1.807, 2.05) is 0 Å². The zero-order valence-corrected chi connectivity index (χ0v) is 21.9. The lowest BCUT2D eigenvalue weighted by Gasteiger charge is -2.60. The zero-order valence-electron chi connectivity index (χ0n) is 21.9. The van der Waals surface area contributed by atoms with E-state index in [4.69, 9.17) is 4.74 Å². The topological polar surface area (TPSA) is 63.6 Å². The Hall–Kier alpha value is -0.900. The number of rotatable bonds is 6. The van der Waals surface area contributed by atoms with Crippen LogP contribution in [0.15, 0.2) is 0 Å². The largest absolute Gasteiger partial charge is 0.481 e. The minimum Gasteiger partial charge on any atom is -0.481 e. The van der Waals surface area contributed by atoms with Gasteiger partial charge in [0.2, 0.25) is 0 Å². The van der Waals surface area contributed by atoms with E-state index in [9.17, 15) is 14.7 Å². The fourth-order valence-corrected chi connectivity index (χ4v) is 10.0. The van der Waals surface area contributed by atoms with Crippen molar-refractivity contribution in [1.29, 1.82) is 0 Å². The van der Waals surface area contributed by atoms with Gasteiger partial charge in [0.1, 0.15) is 5.78 Å². The van der Waals surface area contributed by atoms with Gasteiger partial charge in [-0.3, -0.25) is 9.59 Å². The normalized spacial score (nSPS) is 45.8. The molecule has 34 heavy (non-hydrogen) atoms. The van der Waals surface area contributed by atoms with Gasteiger partial charge in [-0.2, -0.15) is 0 Å². The van der Waals surface area contributed by atoms with Crippen LogP contribution in [0.4, 0.5) is 0 Å². The molecule has 0 heterocycles. The Balaban J connectivity index is 1.28. The molecule has 0 spiro atoms. The Morgan fingerprint density at radius 1 is 0.971 bits per heavy atom. The number of hydrogen-bond donors (Lipinski definition) is 1. The lowest BCUT2D eigenvalue weighted by atomic mass is 9.44. The number of ether oxygens (including phenoxy) is 1. The van der Waals surface area contributed by atoms with Crippen LogP contribution in [0.1, 0.15) is 117 Å². The molecule has 4 heteroatoms. The number of fused-ring (bicyclic) bond motifs is 5. The number of hydrogen-bond acceptors (Lipinski definition) is 3. The zero-order chi connectivity index (χ0) is 24.1. The Morgan fingerprint density at radius 3 is 2.41 bits per heavy atom. The molecular formula is C30H48O4. The SMILES string of the molecule is C[C@H](CCC(=O)O)C1CCC2C3C(=O)CC4C[C@H](OC5CCCCC5)CC[C@]4(C)C3CC[C@@]21C. The molecule has 0 radical (unpaired) electrons. The molecule has 0 aromatic rings. The van der Waals surface area contributed by atoms with E-state index in [0.717, 1.165) is 19.3 Å². The molecule has 0 saturated heterocycles. The molecule has 9 atom stereocenters. The average molecular weight is 473 g/mol. The van der Waals surface area contributed by atoms with E-state index < -0.39 is 5.97 Å². The smallest absolute Gasteiger partial charge is 0.303 e. The van der Waals surface area contributed by atoms with Gasteiger partial charge in [-0.25, -0.2) is 0 Å². The van der Waals surface area contributed by atoms with Gasteiger partial charge in [-0.05, 0) is 105 Å². The van der Waals surface area contributed by atoms with Gasteiger partial charge < -0.3 is 9.84 Å². The van der Waals surface area contributed by atoms with E-state index in [1.54, 1.807) is 0 Å². The van der Waals surface area contributed by atoms with E-state index in [1.165, 1.54) is 70.6 Å². The van der Waals surface area contributed by atoms with Crippen LogP contribution in [0.3, 0.4) is 0 Å². The minimum atomic E-state index is -0.681. The summed E-state index contributed by atoms with van der Waals surface area (Å²) in [6.07, 6.45) is 17.4. The molecule has 5 fully saturated rings. The van der Waals surface area contributed by atoms with Crippen molar-refractivity contribution < 1.29 is 19.4 Å². The Bertz CT molecular complexity index is 772. The minimum absolute atomic E-state index is 0.208. The molecule has 5 rings (SSSR count). The van der Waals surface area contributed by atoms with Crippen molar-refractivity contribution in [3.8, 4) is 0 Å². The predicted molar refractivity (Wildman–Crippen MR) is 133 cm³/mol. The second-order valence-corrected chi connectivity index (χ2v) is 13.5. The van der Waals surface area contributed by atoms with Gasteiger partial charge in [0, 0.05) is 18.8 Å². The van der Waals surface area contributed by atoms with E-state index in [2.05, 4.69) is 20.8 Å². The predicted octanol–water partition coefficient (Wildman–Crippen LogP) is 7.04. The number of carboxylic acid groups (broad SMARTS) is 1. The lowest BCUT2D eigenvalue weighted by molar-refractivity contribution is -0.166. The standard InChI is InChI=1S/C30H48O4/c1-19(9-12-27(32)33)23-10-11-24-28-25(14-16-30(23,24)3)29(2)15-13-22(17-20(29)18-26(28)31)34-21-7-5-4-6-8-21/h19-25,28H,4-18H2,1-3H3,(H,32,33)/t19-,20?,22-,23?,24?,25?,28?,29+,30-/m1/s1. The molecule has 0 amide bonds. The van der Waals surface area contributed by atoms with Crippen LogP contribution in [-0.2, 0) is 14.3 Å². The Kier molecular flexibility index (Phi) is 6.94. The van der Waals surface area contributed by atoms with E-state index >= 15 is 0 Å². The average Bonchev–Trinajstić information content (AvgIpc) is 3.16. The van der Waals surface area contributed by atoms with Gasteiger partial charge in [-0.1, -0.05) is 40.0 Å². The van der Waals surface area contributed by atoms with Crippen LogP contribution in [-0.4, -0.2) is 29.1 Å². The van der Waals surface area contributed by atoms with Crippen LogP contribution in [0.25, 0.3) is 0 Å². The van der Waals surface area contributed by atoms with Gasteiger partial charge in [-0.15, -0.1) is 0 Å². The molecular weight excluding hydrogens is 424 g/mol. The molecule has 5 aliphatic carbocycles. The molecule has 1 N–H and O–H groups in total. The van der Waals surface area contributed by atoms with Gasteiger partial charge in [0.15, 0.2) is 0 Å². The number of carboxylic acids is 1. The highest BCUT2D eigenvalue weighted by Gasteiger charge is 2.63. The molecule has 4 nitrogen and oxygen atoms in total. The monoisotopic (exact) mass is 472 g/mol. The summed E-state index contributed by atoms with van der Waals surface area (Å²) in [7, 11) is 0. The Labute approximate surface area is 207 Å². The lowest BCUT2D eigenvalue weighted by Crippen LogP contribution is -2.57. The molecule has 5 saturated carbocycles. The van der Waals surface area contributed by atoms with Gasteiger partial charge >= 0.3 is 5.97 Å². The second-order valence-electron chi connectivity index (χ2n) is 13.5. The first kappa shape index (κ1) is 24.8. The van der Waals surface area contributed by atoms with Crippen LogP contribution >= 0.6 is 0 Å². The highest BCUT2D eigenvalue weighted by molar-refractivity contribution is 5.83. The van der Waals surface area contributed by atoms with E-state index in [-0.39, 0.29) is 17.8 Å². The summed E-state index contributed by atoms with van der Waals surface area (Å²) in [6.45, 7) is 7.25. The number of ketones is 1. The molecule has 5 unspecified atom stereocenters. The number of aliphatic carboxylic acids is 1. The molecule has 0 aliphatic heterocycles. The van der Waals surface area contributed by atoms with E-state index in [0.29, 0.717) is 53.0 Å². The number of carbonyl (C=O) groups excluding carboxylic acids is 1. The summed E-state index contributed by atoms with van der Waals surface area (Å²) in [5.74, 6) is 2.66. The quantitative estimate of drug-likeness (QED) is 0.450. The van der Waals surface area contributed by atoms with Gasteiger partial charge in [0.05, 0.1) is 12.2 Å². The summed E-state index contributed by atoms with van der Waals surface area (Å²) >= 11 is 0. The molecule has 0 aromatic carbocycles. The molecule has 0 aromatic heterocycles. The van der Waals surface area contributed by atoms with Crippen molar-refractivity contribution in [3.63, 3.8) is 0 Å². The summed E-state index contributed by atoms with van der Waals surface area (Å²) in [6, 6.07) is 0. The van der Waals surface area contributed by atoms with Crippen LogP contribution in [0, 0.1) is 46.3 Å². The fourth-order valence-electron chi connectivity index (χ4n) is 10.0. The number of Topliss-reactive ketones (excluding diaryl/α,β-unsaturated/α-hetero) is 1. The summed E-state index contributed by atoms with van der Waals surface area (Å²) in [5, 5.41) is 9.19. The third-order valence-corrected chi connectivity index (χ3v) is 11.9. The molecule has 0 bridgehead atoms. The van der Waals surface area contributed by atoms with Crippen LogP contribution < -0.4 is 0 Å². The Morgan fingerprint density at radius 2 is 1.68 bits per heavy atom. The van der Waals surface area contributed by atoms with Crippen molar-refractivity contribution in [3.05, 3.63) is 0 Å². The fraction of sp³-hybridized carbons (Fsp3) is 0.933. The highest BCUT2D eigenvalue weighted by Crippen LogP contribution is 2.67. The molecule has 192 valence electrons. The number of carbonyl (C=O) groups is 2. The maximum atomic E-state index is 13.8. The van der Waals surface area contributed by atoms with Crippen LogP contribution in [0.5, 0.6) is 0 Å². The van der Waals surface area contributed by atoms with Gasteiger partial charge in [0.25, 0.3) is 0 Å². The third kappa shape index (κ3) is 4.28. The third-order valence-electron chi connectivity index (χ3n) is 11.9. The van der Waals surface area contributed by atoms with Crippen molar-refractivity contribution >= 4 is 11.8 Å². The molecule has 5 aliphatic rings.